The third-order valence-electron chi connectivity index (χ3n) is 2.31. The quantitative estimate of drug-likeness (QED) is 0.513. The zero-order valence-electron chi connectivity index (χ0n) is 9.64. The van der Waals surface area contributed by atoms with E-state index < -0.39 is 0 Å². The van der Waals surface area contributed by atoms with Crippen LogP contribution >= 0.6 is 0 Å². The molecule has 0 bridgehead atoms. The highest BCUT2D eigenvalue weighted by Gasteiger charge is 2.11. The topological polar surface area (TPSA) is 81.7 Å². The van der Waals surface area contributed by atoms with Gasteiger partial charge in [-0.15, -0.1) is 10.2 Å². The van der Waals surface area contributed by atoms with Gasteiger partial charge in [0.1, 0.15) is 0 Å². The molecule has 0 radical (unpaired) electrons. The molecular formula is C9H20N6. The summed E-state index contributed by atoms with van der Waals surface area (Å²) in [5.41, 5.74) is 2.80. The van der Waals surface area contributed by atoms with Crippen molar-refractivity contribution in [2.24, 2.45) is 18.8 Å². The molecule has 1 aromatic heterocycles. The van der Waals surface area contributed by atoms with Crippen molar-refractivity contribution in [3.8, 4) is 0 Å². The summed E-state index contributed by atoms with van der Waals surface area (Å²) in [5, 5.41) is 11.8. The van der Waals surface area contributed by atoms with Gasteiger partial charge in [0.05, 0.1) is 7.05 Å². The van der Waals surface area contributed by atoms with Crippen LogP contribution in [0.25, 0.3) is 0 Å². The first-order valence-electron chi connectivity index (χ1n) is 5.30. The smallest absolute Gasteiger partial charge is 0.176 e. The summed E-state index contributed by atoms with van der Waals surface area (Å²) < 4.78 is 0. The van der Waals surface area contributed by atoms with Crippen molar-refractivity contribution in [1.29, 1.82) is 0 Å². The van der Waals surface area contributed by atoms with E-state index in [-0.39, 0.29) is 6.04 Å². The van der Waals surface area contributed by atoms with Gasteiger partial charge in [0.25, 0.3) is 0 Å². The molecule has 0 saturated carbocycles. The number of nitrogens with zero attached hydrogens (tertiary/aromatic N) is 4. The van der Waals surface area contributed by atoms with Crippen LogP contribution in [0.4, 0.5) is 0 Å². The lowest BCUT2D eigenvalue weighted by molar-refractivity contribution is 0.428. The molecule has 0 fully saturated rings. The SMILES string of the molecule is CC(C)CCC(Cc1nnn(C)n1)NN. The molecule has 0 aliphatic heterocycles. The third-order valence-corrected chi connectivity index (χ3v) is 2.31. The van der Waals surface area contributed by atoms with Gasteiger partial charge in [0, 0.05) is 12.5 Å². The van der Waals surface area contributed by atoms with Crippen LogP contribution in [0.2, 0.25) is 0 Å². The Morgan fingerprint density at radius 3 is 2.60 bits per heavy atom. The predicted octanol–water partition coefficient (Wildman–Crippen LogP) is 0.0207. The minimum absolute atomic E-state index is 0.233. The van der Waals surface area contributed by atoms with Crippen LogP contribution in [0.15, 0.2) is 0 Å². The molecule has 0 amide bonds. The third kappa shape index (κ3) is 4.35. The van der Waals surface area contributed by atoms with Crippen molar-refractivity contribution < 1.29 is 0 Å². The lowest BCUT2D eigenvalue weighted by Gasteiger charge is -2.14. The van der Waals surface area contributed by atoms with E-state index in [1.54, 1.807) is 7.05 Å². The predicted molar refractivity (Wildman–Crippen MR) is 57.7 cm³/mol. The van der Waals surface area contributed by atoms with E-state index in [1.165, 1.54) is 4.80 Å². The molecule has 6 heteroatoms. The largest absolute Gasteiger partial charge is 0.271 e. The summed E-state index contributed by atoms with van der Waals surface area (Å²) in [6.07, 6.45) is 2.92. The van der Waals surface area contributed by atoms with Crippen LogP contribution in [0.5, 0.6) is 0 Å². The molecule has 3 N–H and O–H groups in total. The maximum atomic E-state index is 5.48. The first-order valence-corrected chi connectivity index (χ1v) is 5.30. The Bertz CT molecular complexity index is 282. The Morgan fingerprint density at radius 2 is 2.13 bits per heavy atom. The number of hydrogen-bond donors (Lipinski definition) is 2. The van der Waals surface area contributed by atoms with Crippen LogP contribution in [0, 0.1) is 5.92 Å². The van der Waals surface area contributed by atoms with Gasteiger partial charge in [-0.2, -0.15) is 4.80 Å². The minimum Gasteiger partial charge on any atom is -0.271 e. The Morgan fingerprint density at radius 1 is 1.40 bits per heavy atom. The highest BCUT2D eigenvalue weighted by molar-refractivity contribution is 4.83. The van der Waals surface area contributed by atoms with Crippen molar-refractivity contribution >= 4 is 0 Å². The van der Waals surface area contributed by atoms with Crippen molar-refractivity contribution in [2.75, 3.05) is 0 Å². The van der Waals surface area contributed by atoms with E-state index in [0.29, 0.717) is 5.92 Å². The van der Waals surface area contributed by atoms with Crippen LogP contribution < -0.4 is 11.3 Å². The Hall–Kier alpha value is -1.01. The molecule has 0 saturated heterocycles. The Kier molecular flexibility index (Phi) is 4.64. The number of tetrazole rings is 1. The first kappa shape index (κ1) is 12.1. The molecule has 0 aliphatic rings. The van der Waals surface area contributed by atoms with Gasteiger partial charge < -0.3 is 0 Å². The van der Waals surface area contributed by atoms with Gasteiger partial charge in [-0.3, -0.25) is 11.3 Å². The van der Waals surface area contributed by atoms with Gasteiger partial charge in [0.15, 0.2) is 5.82 Å². The van der Waals surface area contributed by atoms with E-state index >= 15 is 0 Å². The first-order chi connectivity index (χ1) is 7.11. The summed E-state index contributed by atoms with van der Waals surface area (Å²) in [5.74, 6) is 6.91. The highest BCUT2D eigenvalue weighted by atomic mass is 15.6. The number of aryl methyl sites for hydroxylation is 1. The zero-order valence-corrected chi connectivity index (χ0v) is 9.64. The summed E-state index contributed by atoms with van der Waals surface area (Å²) in [4.78, 5) is 1.46. The summed E-state index contributed by atoms with van der Waals surface area (Å²) in [7, 11) is 1.76. The molecule has 1 unspecified atom stereocenters. The molecule has 0 aliphatic carbocycles. The molecule has 0 spiro atoms. The molecule has 1 heterocycles. The summed E-state index contributed by atoms with van der Waals surface area (Å²) in [6, 6.07) is 0.233. The van der Waals surface area contributed by atoms with E-state index in [0.717, 1.165) is 25.1 Å². The maximum Gasteiger partial charge on any atom is 0.176 e. The lowest BCUT2D eigenvalue weighted by atomic mass is 10.0. The van der Waals surface area contributed by atoms with Crippen LogP contribution in [-0.4, -0.2) is 26.2 Å². The average molecular weight is 212 g/mol. The van der Waals surface area contributed by atoms with Crippen molar-refractivity contribution in [1.82, 2.24) is 25.6 Å². The van der Waals surface area contributed by atoms with Gasteiger partial charge in [0.2, 0.25) is 0 Å². The fraction of sp³-hybridized carbons (Fsp3) is 0.889. The van der Waals surface area contributed by atoms with Gasteiger partial charge >= 0.3 is 0 Å². The van der Waals surface area contributed by atoms with Crippen molar-refractivity contribution in [3.05, 3.63) is 5.82 Å². The number of nitrogens with two attached hydrogens (primary N) is 1. The molecule has 1 rings (SSSR count). The van der Waals surface area contributed by atoms with Crippen molar-refractivity contribution in [3.63, 3.8) is 0 Å². The molecule has 86 valence electrons. The molecule has 1 atom stereocenters. The summed E-state index contributed by atoms with van der Waals surface area (Å²) in [6.45, 7) is 4.41. The van der Waals surface area contributed by atoms with Gasteiger partial charge in [-0.1, -0.05) is 13.8 Å². The molecular weight excluding hydrogens is 192 g/mol. The normalized spacial score (nSPS) is 13.4. The molecule has 1 aromatic rings. The lowest BCUT2D eigenvalue weighted by Crippen LogP contribution is -2.37. The molecule has 15 heavy (non-hydrogen) atoms. The molecule has 6 nitrogen and oxygen atoms in total. The van der Waals surface area contributed by atoms with Gasteiger partial charge in [-0.05, 0) is 24.0 Å². The average Bonchev–Trinajstić information content (AvgIpc) is 2.58. The standard InChI is InChI=1S/C9H20N6/c1-7(2)4-5-8(11-10)6-9-12-14-15(3)13-9/h7-8,11H,4-6,10H2,1-3H3. The van der Waals surface area contributed by atoms with E-state index in [9.17, 15) is 0 Å². The van der Waals surface area contributed by atoms with Crippen molar-refractivity contribution in [2.45, 2.75) is 39.2 Å². The second-order valence-electron chi connectivity index (χ2n) is 4.23. The number of aromatic nitrogens is 4. The summed E-state index contributed by atoms with van der Waals surface area (Å²) >= 11 is 0. The number of rotatable bonds is 6. The van der Waals surface area contributed by atoms with E-state index in [2.05, 4.69) is 34.7 Å². The fourth-order valence-electron chi connectivity index (χ4n) is 1.40. The zero-order chi connectivity index (χ0) is 11.3. The second-order valence-corrected chi connectivity index (χ2v) is 4.23. The fourth-order valence-corrected chi connectivity index (χ4v) is 1.40. The maximum absolute atomic E-state index is 5.48. The van der Waals surface area contributed by atoms with E-state index in [1.807, 2.05) is 0 Å². The number of nitrogens with one attached hydrogen (secondary N) is 1. The highest BCUT2D eigenvalue weighted by Crippen LogP contribution is 2.08. The molecule has 0 aromatic carbocycles. The van der Waals surface area contributed by atoms with E-state index in [4.69, 9.17) is 5.84 Å². The number of hydrogen-bond acceptors (Lipinski definition) is 5. The van der Waals surface area contributed by atoms with Crippen LogP contribution in [-0.2, 0) is 13.5 Å². The van der Waals surface area contributed by atoms with Crippen LogP contribution in [0.3, 0.4) is 0 Å². The minimum atomic E-state index is 0.233. The Labute approximate surface area is 90.2 Å². The van der Waals surface area contributed by atoms with Gasteiger partial charge in [-0.25, -0.2) is 0 Å². The Balaban J connectivity index is 2.39. The van der Waals surface area contributed by atoms with Crippen LogP contribution in [0.1, 0.15) is 32.5 Å². The monoisotopic (exact) mass is 212 g/mol. The second kappa shape index (κ2) is 5.77. The number of hydrazine groups is 1.